The van der Waals surface area contributed by atoms with Gasteiger partial charge in [0.05, 0.1) is 0 Å². The Hall–Kier alpha value is -3.92. The number of nitrogens with one attached hydrogen (secondary N) is 2. The third-order valence-corrected chi connectivity index (χ3v) is 4.37. The SMILES string of the molecule is O=C(Nc1ccc(Nc2ccncc2)cc1)c1ccc(-c2ccccc2)cc1. The standard InChI is InChI=1S/C24H19N3O/c28-24(20-8-6-19(7-9-20)18-4-2-1-3-5-18)27-22-12-10-21(11-13-22)26-23-14-16-25-17-15-23/h1-17H,(H,25,26)(H,27,28). The van der Waals surface area contributed by atoms with Gasteiger partial charge in [0, 0.05) is 35.0 Å². The minimum absolute atomic E-state index is 0.130. The molecule has 0 bridgehead atoms. The van der Waals surface area contributed by atoms with Crippen molar-refractivity contribution in [1.29, 1.82) is 0 Å². The summed E-state index contributed by atoms with van der Waals surface area (Å²) in [6, 6.07) is 29.1. The van der Waals surface area contributed by atoms with Gasteiger partial charge in [-0.3, -0.25) is 9.78 Å². The van der Waals surface area contributed by atoms with Crippen LogP contribution in [0.15, 0.2) is 103 Å². The number of carbonyl (C=O) groups is 1. The van der Waals surface area contributed by atoms with Gasteiger partial charge in [-0.2, -0.15) is 0 Å². The number of nitrogens with zero attached hydrogens (tertiary/aromatic N) is 1. The van der Waals surface area contributed by atoms with Crippen LogP contribution in [0.1, 0.15) is 10.4 Å². The molecule has 0 fully saturated rings. The van der Waals surface area contributed by atoms with E-state index in [1.54, 1.807) is 12.4 Å². The molecule has 4 aromatic rings. The van der Waals surface area contributed by atoms with Gasteiger partial charge in [-0.1, -0.05) is 42.5 Å². The molecule has 0 aliphatic heterocycles. The minimum Gasteiger partial charge on any atom is -0.355 e. The van der Waals surface area contributed by atoms with Gasteiger partial charge in [0.1, 0.15) is 0 Å². The smallest absolute Gasteiger partial charge is 0.255 e. The molecule has 2 N–H and O–H groups in total. The van der Waals surface area contributed by atoms with Crippen molar-refractivity contribution in [2.45, 2.75) is 0 Å². The van der Waals surface area contributed by atoms with Crippen molar-refractivity contribution >= 4 is 23.0 Å². The lowest BCUT2D eigenvalue weighted by atomic mass is 10.0. The predicted octanol–water partition coefficient (Wildman–Crippen LogP) is 5.74. The number of hydrogen-bond acceptors (Lipinski definition) is 3. The van der Waals surface area contributed by atoms with Gasteiger partial charge < -0.3 is 10.6 Å². The quantitative estimate of drug-likeness (QED) is 0.474. The first-order valence-corrected chi connectivity index (χ1v) is 9.02. The molecule has 136 valence electrons. The number of aromatic nitrogens is 1. The third-order valence-electron chi connectivity index (χ3n) is 4.37. The van der Waals surface area contributed by atoms with E-state index < -0.39 is 0 Å². The Morgan fingerprint density at radius 2 is 1.18 bits per heavy atom. The summed E-state index contributed by atoms with van der Waals surface area (Å²) in [5.74, 6) is -0.130. The highest BCUT2D eigenvalue weighted by molar-refractivity contribution is 6.04. The van der Waals surface area contributed by atoms with E-state index in [9.17, 15) is 4.79 Å². The van der Waals surface area contributed by atoms with Crippen LogP contribution in [0.2, 0.25) is 0 Å². The number of benzene rings is 3. The first-order valence-electron chi connectivity index (χ1n) is 9.02. The predicted molar refractivity (Wildman–Crippen MR) is 114 cm³/mol. The summed E-state index contributed by atoms with van der Waals surface area (Å²) < 4.78 is 0. The fraction of sp³-hybridized carbons (Fsp3) is 0. The van der Waals surface area contributed by atoms with Crippen molar-refractivity contribution in [2.75, 3.05) is 10.6 Å². The van der Waals surface area contributed by atoms with E-state index >= 15 is 0 Å². The van der Waals surface area contributed by atoms with Crippen LogP contribution in [0.4, 0.5) is 17.1 Å². The topological polar surface area (TPSA) is 54.0 Å². The van der Waals surface area contributed by atoms with Crippen molar-refractivity contribution in [3.63, 3.8) is 0 Å². The highest BCUT2D eigenvalue weighted by Gasteiger charge is 2.07. The highest BCUT2D eigenvalue weighted by atomic mass is 16.1. The van der Waals surface area contributed by atoms with Crippen molar-refractivity contribution in [1.82, 2.24) is 4.98 Å². The maximum Gasteiger partial charge on any atom is 0.255 e. The van der Waals surface area contributed by atoms with E-state index in [0.717, 1.165) is 28.2 Å². The second-order valence-electron chi connectivity index (χ2n) is 6.34. The summed E-state index contributed by atoms with van der Waals surface area (Å²) in [5.41, 5.74) is 5.49. The largest absolute Gasteiger partial charge is 0.355 e. The molecule has 0 saturated heterocycles. The van der Waals surface area contributed by atoms with Gasteiger partial charge in [0.2, 0.25) is 0 Å². The molecular weight excluding hydrogens is 346 g/mol. The van der Waals surface area contributed by atoms with Crippen molar-refractivity contribution < 1.29 is 4.79 Å². The first kappa shape index (κ1) is 17.5. The van der Waals surface area contributed by atoms with Crippen LogP contribution in [0.5, 0.6) is 0 Å². The summed E-state index contributed by atoms with van der Waals surface area (Å²) in [4.78, 5) is 16.5. The average Bonchev–Trinajstić information content (AvgIpc) is 2.76. The molecule has 1 amide bonds. The van der Waals surface area contributed by atoms with E-state index in [4.69, 9.17) is 0 Å². The normalized spacial score (nSPS) is 10.3. The average molecular weight is 365 g/mol. The minimum atomic E-state index is -0.130. The number of pyridine rings is 1. The lowest BCUT2D eigenvalue weighted by molar-refractivity contribution is 0.102. The van der Waals surface area contributed by atoms with Crippen molar-refractivity contribution in [3.05, 3.63) is 109 Å². The molecule has 0 aliphatic rings. The Labute approximate surface area is 163 Å². The molecule has 0 unspecified atom stereocenters. The molecule has 0 radical (unpaired) electrons. The van der Waals surface area contributed by atoms with Gasteiger partial charge >= 0.3 is 0 Å². The Balaban J connectivity index is 1.40. The monoisotopic (exact) mass is 365 g/mol. The van der Waals surface area contributed by atoms with Gasteiger partial charge in [0.25, 0.3) is 5.91 Å². The fourth-order valence-corrected chi connectivity index (χ4v) is 2.89. The lowest BCUT2D eigenvalue weighted by Crippen LogP contribution is -2.11. The maximum absolute atomic E-state index is 12.5. The molecule has 3 aromatic carbocycles. The summed E-state index contributed by atoms with van der Waals surface area (Å²) in [6.07, 6.45) is 3.47. The second-order valence-corrected chi connectivity index (χ2v) is 6.34. The Bertz CT molecular complexity index is 1040. The third kappa shape index (κ3) is 4.24. The molecule has 0 spiro atoms. The molecular formula is C24H19N3O. The number of hydrogen-bond donors (Lipinski definition) is 2. The summed E-state index contributed by atoms with van der Waals surface area (Å²) in [7, 11) is 0. The molecule has 1 aromatic heterocycles. The Morgan fingerprint density at radius 3 is 1.86 bits per heavy atom. The summed E-state index contributed by atoms with van der Waals surface area (Å²) in [6.45, 7) is 0. The van der Waals surface area contributed by atoms with Gasteiger partial charge in [-0.05, 0) is 59.7 Å². The molecule has 0 saturated carbocycles. The van der Waals surface area contributed by atoms with Gasteiger partial charge in [-0.25, -0.2) is 0 Å². The van der Waals surface area contributed by atoms with Crippen LogP contribution >= 0.6 is 0 Å². The molecule has 0 aliphatic carbocycles. The van der Waals surface area contributed by atoms with Crippen molar-refractivity contribution in [2.24, 2.45) is 0 Å². The summed E-state index contributed by atoms with van der Waals surface area (Å²) >= 11 is 0. The lowest BCUT2D eigenvalue weighted by Gasteiger charge is -2.09. The van der Waals surface area contributed by atoms with Crippen LogP contribution in [-0.2, 0) is 0 Å². The highest BCUT2D eigenvalue weighted by Crippen LogP contribution is 2.21. The van der Waals surface area contributed by atoms with Crippen LogP contribution in [-0.4, -0.2) is 10.9 Å². The van der Waals surface area contributed by atoms with Crippen molar-refractivity contribution in [3.8, 4) is 11.1 Å². The second kappa shape index (κ2) is 8.18. The number of carbonyl (C=O) groups excluding carboxylic acids is 1. The number of anilines is 3. The molecule has 4 heteroatoms. The maximum atomic E-state index is 12.5. The van der Waals surface area contributed by atoms with Crippen LogP contribution in [0.3, 0.4) is 0 Å². The van der Waals surface area contributed by atoms with E-state index in [0.29, 0.717) is 5.56 Å². The van der Waals surface area contributed by atoms with E-state index in [1.807, 2.05) is 78.9 Å². The molecule has 4 rings (SSSR count). The first-order chi connectivity index (χ1) is 13.8. The Morgan fingerprint density at radius 1 is 0.607 bits per heavy atom. The summed E-state index contributed by atoms with van der Waals surface area (Å²) in [5, 5.41) is 6.22. The zero-order chi connectivity index (χ0) is 19.2. The molecule has 4 nitrogen and oxygen atoms in total. The molecule has 28 heavy (non-hydrogen) atoms. The van der Waals surface area contributed by atoms with E-state index in [2.05, 4.69) is 27.8 Å². The fourth-order valence-electron chi connectivity index (χ4n) is 2.89. The van der Waals surface area contributed by atoms with E-state index in [-0.39, 0.29) is 5.91 Å². The number of rotatable bonds is 5. The Kier molecular flexibility index (Phi) is 5.11. The van der Waals surface area contributed by atoms with Crippen LogP contribution < -0.4 is 10.6 Å². The zero-order valence-corrected chi connectivity index (χ0v) is 15.2. The van der Waals surface area contributed by atoms with Gasteiger partial charge in [-0.15, -0.1) is 0 Å². The zero-order valence-electron chi connectivity index (χ0n) is 15.2. The molecule has 0 atom stereocenters. The van der Waals surface area contributed by atoms with Gasteiger partial charge in [0.15, 0.2) is 0 Å². The van der Waals surface area contributed by atoms with Crippen LogP contribution in [0.25, 0.3) is 11.1 Å². The number of amides is 1. The van der Waals surface area contributed by atoms with E-state index in [1.165, 1.54) is 0 Å². The molecule has 1 heterocycles. The van der Waals surface area contributed by atoms with Crippen LogP contribution in [0, 0.1) is 0 Å².